The van der Waals surface area contributed by atoms with Gasteiger partial charge in [-0.2, -0.15) is 0 Å². The average Bonchev–Trinajstić information content (AvgIpc) is 3.03. The number of carbonyl (C=O) groups is 1. The molecule has 1 aromatic carbocycles. The van der Waals surface area contributed by atoms with E-state index in [1.165, 1.54) is 10.5 Å². The first-order chi connectivity index (χ1) is 13.4. The molecule has 0 bridgehead atoms. The van der Waals surface area contributed by atoms with E-state index >= 15 is 0 Å². The molecule has 4 aromatic rings. The number of furan rings is 1. The van der Waals surface area contributed by atoms with Crippen LogP contribution in [0.3, 0.4) is 0 Å². The molecule has 0 aliphatic carbocycles. The summed E-state index contributed by atoms with van der Waals surface area (Å²) in [5.74, 6) is -0.396. The summed E-state index contributed by atoms with van der Waals surface area (Å²) in [4.78, 5) is 29.0. The molecule has 0 radical (unpaired) electrons. The third kappa shape index (κ3) is 3.29. The van der Waals surface area contributed by atoms with Crippen LogP contribution in [0, 0.1) is 20.8 Å². The second-order valence-corrected chi connectivity index (χ2v) is 7.00. The van der Waals surface area contributed by atoms with Gasteiger partial charge in [0, 0.05) is 23.2 Å². The fourth-order valence-electron chi connectivity index (χ4n) is 3.22. The highest BCUT2D eigenvalue weighted by atomic mass is 16.5. The Morgan fingerprint density at radius 3 is 2.75 bits per heavy atom. The van der Waals surface area contributed by atoms with Crippen LogP contribution in [0.2, 0.25) is 0 Å². The highest BCUT2D eigenvalue weighted by Crippen LogP contribution is 2.25. The highest BCUT2D eigenvalue weighted by Gasteiger charge is 2.14. The van der Waals surface area contributed by atoms with Crippen molar-refractivity contribution >= 4 is 22.6 Å². The molecule has 0 fully saturated rings. The Kier molecular flexibility index (Phi) is 4.47. The van der Waals surface area contributed by atoms with Crippen molar-refractivity contribution in [1.29, 1.82) is 0 Å². The number of aromatic nitrogens is 2. The van der Waals surface area contributed by atoms with E-state index < -0.39 is 5.97 Å². The lowest BCUT2D eigenvalue weighted by molar-refractivity contribution is -0.144. The number of benzene rings is 1. The van der Waals surface area contributed by atoms with Gasteiger partial charge in [0.05, 0.1) is 18.4 Å². The van der Waals surface area contributed by atoms with E-state index in [1.807, 2.05) is 39.0 Å². The Hall–Kier alpha value is -3.41. The Morgan fingerprint density at radius 2 is 1.93 bits per heavy atom. The Morgan fingerprint density at radius 1 is 1.14 bits per heavy atom. The molecule has 3 heterocycles. The monoisotopic (exact) mass is 376 g/mol. The first kappa shape index (κ1) is 18.0. The van der Waals surface area contributed by atoms with Crippen molar-refractivity contribution in [3.63, 3.8) is 0 Å². The van der Waals surface area contributed by atoms with E-state index in [0.717, 1.165) is 33.2 Å². The van der Waals surface area contributed by atoms with Crippen molar-refractivity contribution in [3.8, 4) is 0 Å². The fraction of sp³-hybridized carbons (Fsp3) is 0.227. The van der Waals surface area contributed by atoms with Crippen molar-refractivity contribution in [2.24, 2.45) is 0 Å². The minimum atomic E-state index is -0.396. The topological polar surface area (TPSA) is 73.8 Å². The molecule has 0 amide bonds. The zero-order chi connectivity index (χ0) is 19.8. The zero-order valence-corrected chi connectivity index (χ0v) is 16.0. The molecule has 4 rings (SSSR count). The Bertz CT molecular complexity index is 1270. The van der Waals surface area contributed by atoms with Crippen LogP contribution in [0.25, 0.3) is 16.6 Å². The second kappa shape index (κ2) is 6.96. The summed E-state index contributed by atoms with van der Waals surface area (Å²) in [6, 6.07) is 9.05. The lowest BCUT2D eigenvalue weighted by Crippen LogP contribution is -2.17. The molecule has 0 saturated carbocycles. The van der Waals surface area contributed by atoms with Crippen LogP contribution in [0.1, 0.15) is 27.9 Å². The summed E-state index contributed by atoms with van der Waals surface area (Å²) < 4.78 is 12.4. The number of carbonyl (C=O) groups excluding carboxylic acids is 1. The lowest BCUT2D eigenvalue weighted by atomic mass is 10.0. The van der Waals surface area contributed by atoms with Crippen LogP contribution in [-0.2, 0) is 22.6 Å². The number of hydrogen-bond donors (Lipinski definition) is 0. The first-order valence-corrected chi connectivity index (χ1v) is 9.03. The Balaban J connectivity index is 1.51. The number of nitrogens with zero attached hydrogens (tertiary/aromatic N) is 2. The summed E-state index contributed by atoms with van der Waals surface area (Å²) in [6.45, 7) is 5.87. The number of rotatable bonds is 4. The van der Waals surface area contributed by atoms with Crippen LogP contribution in [0.4, 0.5) is 0 Å². The third-order valence-corrected chi connectivity index (χ3v) is 4.93. The smallest absolute Gasteiger partial charge is 0.310 e. The van der Waals surface area contributed by atoms with E-state index in [2.05, 4.69) is 4.98 Å². The minimum absolute atomic E-state index is 0.0488. The van der Waals surface area contributed by atoms with Crippen LogP contribution < -0.4 is 5.56 Å². The molecule has 0 N–H and O–H groups in total. The van der Waals surface area contributed by atoms with Gasteiger partial charge in [0.1, 0.15) is 17.8 Å². The molecule has 6 nitrogen and oxygen atoms in total. The number of ether oxygens (including phenoxy) is 1. The molecule has 0 atom stereocenters. The van der Waals surface area contributed by atoms with Crippen molar-refractivity contribution in [2.45, 2.75) is 33.8 Å². The molecular formula is C22H20N2O4. The molecule has 0 unspecified atom stereocenters. The maximum absolute atomic E-state index is 12.3. The number of fused-ring (bicyclic) bond motifs is 2. The molecule has 3 aromatic heterocycles. The van der Waals surface area contributed by atoms with Crippen molar-refractivity contribution in [2.75, 3.05) is 0 Å². The van der Waals surface area contributed by atoms with E-state index in [4.69, 9.17) is 9.15 Å². The quantitative estimate of drug-likeness (QED) is 0.508. The molecule has 6 heteroatoms. The predicted molar refractivity (Wildman–Crippen MR) is 105 cm³/mol. The summed E-state index contributed by atoms with van der Waals surface area (Å²) in [5, 5.41) is 0.915. The molecule has 28 heavy (non-hydrogen) atoms. The van der Waals surface area contributed by atoms with Gasteiger partial charge in [-0.15, -0.1) is 0 Å². The molecule has 0 aliphatic heterocycles. The SMILES string of the molecule is Cc1cc2occ(CC(=O)OCc3cc(=O)n4cccc(C)c4n3)c2cc1C. The lowest BCUT2D eigenvalue weighted by Gasteiger charge is -2.07. The van der Waals surface area contributed by atoms with E-state index in [-0.39, 0.29) is 18.6 Å². The normalized spacial score (nSPS) is 11.2. The van der Waals surface area contributed by atoms with Gasteiger partial charge < -0.3 is 9.15 Å². The van der Waals surface area contributed by atoms with Gasteiger partial charge in [-0.25, -0.2) is 4.98 Å². The van der Waals surface area contributed by atoms with Crippen molar-refractivity contribution in [3.05, 3.63) is 81.1 Å². The molecule has 0 saturated heterocycles. The molecule has 142 valence electrons. The summed E-state index contributed by atoms with van der Waals surface area (Å²) in [7, 11) is 0. The standard InChI is InChI=1S/C22H20N2O4/c1-13-5-4-6-24-20(25)10-17(23-22(13)24)12-28-21(26)9-16-11-27-19-8-15(3)14(2)7-18(16)19/h4-8,10-11H,9,12H2,1-3H3. The first-order valence-electron chi connectivity index (χ1n) is 9.03. The van der Waals surface area contributed by atoms with Crippen molar-refractivity contribution in [1.82, 2.24) is 9.38 Å². The van der Waals surface area contributed by atoms with E-state index in [1.54, 1.807) is 18.5 Å². The average molecular weight is 376 g/mol. The van der Waals surface area contributed by atoms with Crippen LogP contribution >= 0.6 is 0 Å². The van der Waals surface area contributed by atoms with Gasteiger partial charge >= 0.3 is 5.97 Å². The van der Waals surface area contributed by atoms with Gasteiger partial charge in [-0.05, 0) is 55.7 Å². The van der Waals surface area contributed by atoms with Gasteiger partial charge in [-0.3, -0.25) is 14.0 Å². The number of aryl methyl sites for hydroxylation is 3. The summed E-state index contributed by atoms with van der Waals surface area (Å²) in [6.07, 6.45) is 3.36. The third-order valence-electron chi connectivity index (χ3n) is 4.93. The number of esters is 1. The number of pyridine rings is 1. The van der Waals surface area contributed by atoms with Gasteiger partial charge in [0.15, 0.2) is 0 Å². The van der Waals surface area contributed by atoms with Gasteiger partial charge in [0.2, 0.25) is 0 Å². The van der Waals surface area contributed by atoms with Gasteiger partial charge in [0.25, 0.3) is 5.56 Å². The van der Waals surface area contributed by atoms with Crippen LogP contribution in [0.5, 0.6) is 0 Å². The van der Waals surface area contributed by atoms with E-state index in [9.17, 15) is 9.59 Å². The molecular weight excluding hydrogens is 356 g/mol. The predicted octanol–water partition coefficient (Wildman–Crippen LogP) is 3.65. The highest BCUT2D eigenvalue weighted by molar-refractivity contribution is 5.86. The summed E-state index contributed by atoms with van der Waals surface area (Å²) >= 11 is 0. The second-order valence-electron chi connectivity index (χ2n) is 7.00. The zero-order valence-electron chi connectivity index (χ0n) is 16.0. The molecule has 0 aliphatic rings. The minimum Gasteiger partial charge on any atom is -0.464 e. The largest absolute Gasteiger partial charge is 0.464 e. The van der Waals surface area contributed by atoms with Gasteiger partial charge in [-0.1, -0.05) is 6.07 Å². The van der Waals surface area contributed by atoms with E-state index in [0.29, 0.717) is 11.3 Å². The maximum atomic E-state index is 12.3. The van der Waals surface area contributed by atoms with Crippen LogP contribution in [-0.4, -0.2) is 15.4 Å². The Labute approximate surface area is 161 Å². The maximum Gasteiger partial charge on any atom is 0.310 e. The fourth-order valence-corrected chi connectivity index (χ4v) is 3.22. The van der Waals surface area contributed by atoms with Crippen molar-refractivity contribution < 1.29 is 13.9 Å². The van der Waals surface area contributed by atoms with Crippen LogP contribution in [0.15, 0.2) is 52.0 Å². The number of hydrogen-bond acceptors (Lipinski definition) is 5. The summed E-state index contributed by atoms with van der Waals surface area (Å²) in [5.41, 5.74) is 5.48. The molecule has 0 spiro atoms.